The summed E-state index contributed by atoms with van der Waals surface area (Å²) >= 11 is 0. The molecule has 172 valence electrons. The van der Waals surface area contributed by atoms with Crippen LogP contribution in [0.4, 0.5) is 26.3 Å². The third kappa shape index (κ3) is 4.03. The fourth-order valence-corrected chi connectivity index (χ4v) is 4.65. The Kier molecular flexibility index (Phi) is 5.27. The second-order valence-electron chi connectivity index (χ2n) is 8.22. The van der Waals surface area contributed by atoms with Crippen LogP contribution in [-0.2, 0) is 0 Å². The van der Waals surface area contributed by atoms with Gasteiger partial charge in [-0.25, -0.2) is 18.2 Å². The molecule has 1 fully saturated rings. The highest BCUT2D eigenvalue weighted by molar-refractivity contribution is 5.82. The molecular formula is C23H18F6N4. The number of pyridine rings is 1. The lowest BCUT2D eigenvalue weighted by Crippen LogP contribution is -2.43. The Morgan fingerprint density at radius 1 is 0.939 bits per heavy atom. The molecule has 1 saturated heterocycles. The van der Waals surface area contributed by atoms with Crippen LogP contribution in [-0.4, -0.2) is 39.1 Å². The van der Waals surface area contributed by atoms with Crippen LogP contribution < -0.4 is 0 Å². The first kappa shape index (κ1) is 21.7. The number of hydrogen-bond donors (Lipinski definition) is 1. The summed E-state index contributed by atoms with van der Waals surface area (Å²) in [5.74, 6) is -3.20. The molecule has 10 heteroatoms. The van der Waals surface area contributed by atoms with E-state index in [1.165, 1.54) is 17.0 Å². The number of imidazole rings is 1. The molecule has 2 aromatic carbocycles. The van der Waals surface area contributed by atoms with Gasteiger partial charge in [0, 0.05) is 23.7 Å². The number of aromatic nitrogens is 3. The molecule has 3 heterocycles. The molecule has 0 spiro atoms. The van der Waals surface area contributed by atoms with Gasteiger partial charge in [0.15, 0.2) is 17.7 Å². The van der Waals surface area contributed by atoms with Crippen molar-refractivity contribution in [2.75, 3.05) is 13.1 Å². The van der Waals surface area contributed by atoms with Gasteiger partial charge in [0.25, 0.3) is 0 Å². The summed E-state index contributed by atoms with van der Waals surface area (Å²) in [6.45, 7) is 0.238. The van der Waals surface area contributed by atoms with E-state index in [-0.39, 0.29) is 30.0 Å². The molecule has 4 aromatic rings. The number of H-pyrrole nitrogens is 1. The quantitative estimate of drug-likeness (QED) is 0.378. The smallest absolute Gasteiger partial charge is 0.340 e. The molecule has 33 heavy (non-hydrogen) atoms. The molecule has 0 bridgehead atoms. The Balaban J connectivity index is 1.42. The lowest BCUT2D eigenvalue weighted by atomic mass is 9.87. The summed E-state index contributed by atoms with van der Waals surface area (Å²) in [6, 6.07) is 5.62. The van der Waals surface area contributed by atoms with Crippen LogP contribution in [0.1, 0.15) is 36.2 Å². The summed E-state index contributed by atoms with van der Waals surface area (Å²) in [5.41, 5.74) is 1.42. The van der Waals surface area contributed by atoms with Gasteiger partial charge in [-0.05, 0) is 61.7 Å². The molecule has 0 unspecified atom stereocenters. The molecule has 0 saturated carbocycles. The van der Waals surface area contributed by atoms with Crippen molar-refractivity contribution >= 4 is 21.9 Å². The first-order valence-electron chi connectivity index (χ1n) is 10.4. The minimum atomic E-state index is -4.65. The van der Waals surface area contributed by atoms with Crippen LogP contribution in [0.25, 0.3) is 21.9 Å². The molecule has 1 atom stereocenters. The SMILES string of the molecule is Fc1ccc2nccc(C3CCN([C@@H](c4nc5cc(F)c(F)cc5[nH]4)C(F)(F)F)CC3)c2c1. The van der Waals surface area contributed by atoms with Gasteiger partial charge in [0.05, 0.1) is 16.6 Å². The van der Waals surface area contributed by atoms with Gasteiger partial charge in [-0.1, -0.05) is 0 Å². The Morgan fingerprint density at radius 2 is 1.67 bits per heavy atom. The van der Waals surface area contributed by atoms with Gasteiger partial charge in [-0.3, -0.25) is 9.88 Å². The number of fused-ring (bicyclic) bond motifs is 2. The second kappa shape index (κ2) is 8.02. The number of hydrogen-bond acceptors (Lipinski definition) is 3. The van der Waals surface area contributed by atoms with Crippen LogP contribution in [0, 0.1) is 17.5 Å². The highest BCUT2D eigenvalue weighted by Crippen LogP contribution is 2.41. The number of nitrogens with one attached hydrogen (secondary N) is 1. The van der Waals surface area contributed by atoms with Crippen molar-refractivity contribution < 1.29 is 26.3 Å². The standard InChI is InChI=1S/C23H18F6N4/c24-13-1-2-18-15(9-13)14(3-6-30-18)12-4-7-33(8-5-12)21(23(27,28)29)22-31-19-10-16(25)17(26)11-20(19)32-22/h1-3,6,9-12,21H,4-5,7-8H2,(H,31,32)/t21-/m0/s1. The van der Waals surface area contributed by atoms with Crippen molar-refractivity contribution in [3.63, 3.8) is 0 Å². The normalized spacial score (nSPS) is 17.2. The van der Waals surface area contributed by atoms with Gasteiger partial charge < -0.3 is 4.98 Å². The Morgan fingerprint density at radius 3 is 2.39 bits per heavy atom. The zero-order valence-electron chi connectivity index (χ0n) is 17.1. The van der Waals surface area contributed by atoms with Crippen molar-refractivity contribution in [1.82, 2.24) is 19.9 Å². The summed E-state index contributed by atoms with van der Waals surface area (Å²) in [5, 5.41) is 0.657. The molecule has 0 radical (unpaired) electrons. The van der Waals surface area contributed by atoms with Gasteiger partial charge in [0.2, 0.25) is 0 Å². The maximum Gasteiger partial charge on any atom is 0.411 e. The van der Waals surface area contributed by atoms with Crippen LogP contribution >= 0.6 is 0 Å². The zero-order valence-corrected chi connectivity index (χ0v) is 17.1. The van der Waals surface area contributed by atoms with E-state index in [1.807, 2.05) is 0 Å². The van der Waals surface area contributed by atoms with Crippen LogP contribution in [0.2, 0.25) is 0 Å². The maximum atomic E-state index is 14.1. The number of aromatic amines is 1. The van der Waals surface area contributed by atoms with Gasteiger partial charge in [0.1, 0.15) is 11.6 Å². The van der Waals surface area contributed by atoms with Crippen molar-refractivity contribution in [3.05, 3.63) is 71.4 Å². The molecule has 1 N–H and O–H groups in total. The number of halogens is 6. The van der Waals surface area contributed by atoms with Gasteiger partial charge in [-0.15, -0.1) is 0 Å². The van der Waals surface area contributed by atoms with E-state index in [9.17, 15) is 26.3 Å². The second-order valence-corrected chi connectivity index (χ2v) is 8.22. The van der Waals surface area contributed by atoms with Crippen molar-refractivity contribution in [1.29, 1.82) is 0 Å². The monoisotopic (exact) mass is 464 g/mol. The minimum Gasteiger partial charge on any atom is -0.340 e. The number of rotatable bonds is 3. The summed E-state index contributed by atoms with van der Waals surface area (Å²) in [6.07, 6.45) is -2.19. The fourth-order valence-electron chi connectivity index (χ4n) is 4.65. The summed E-state index contributed by atoms with van der Waals surface area (Å²) in [7, 11) is 0. The fraction of sp³-hybridized carbons (Fsp3) is 0.304. The predicted molar refractivity (Wildman–Crippen MR) is 110 cm³/mol. The third-order valence-electron chi connectivity index (χ3n) is 6.18. The Labute approximate surface area is 184 Å². The molecule has 2 aromatic heterocycles. The average Bonchev–Trinajstić information content (AvgIpc) is 3.15. The number of benzene rings is 2. The van der Waals surface area contributed by atoms with Crippen molar-refractivity contribution in [2.24, 2.45) is 0 Å². The zero-order chi connectivity index (χ0) is 23.3. The highest BCUT2D eigenvalue weighted by atomic mass is 19.4. The average molecular weight is 464 g/mol. The first-order valence-corrected chi connectivity index (χ1v) is 10.4. The maximum absolute atomic E-state index is 14.1. The number of likely N-dealkylation sites (tertiary alicyclic amines) is 1. The lowest BCUT2D eigenvalue weighted by Gasteiger charge is -2.37. The van der Waals surface area contributed by atoms with E-state index in [4.69, 9.17) is 0 Å². The molecule has 4 nitrogen and oxygen atoms in total. The van der Waals surface area contributed by atoms with Crippen LogP contribution in [0.5, 0.6) is 0 Å². The molecule has 5 rings (SSSR count). The van der Waals surface area contributed by atoms with Crippen molar-refractivity contribution in [2.45, 2.75) is 31.0 Å². The van der Waals surface area contributed by atoms with E-state index in [0.29, 0.717) is 23.7 Å². The highest BCUT2D eigenvalue weighted by Gasteiger charge is 2.47. The lowest BCUT2D eigenvalue weighted by molar-refractivity contribution is -0.191. The van der Waals surface area contributed by atoms with Crippen molar-refractivity contribution in [3.8, 4) is 0 Å². The van der Waals surface area contributed by atoms with E-state index in [1.54, 1.807) is 18.3 Å². The largest absolute Gasteiger partial charge is 0.411 e. The predicted octanol–water partition coefficient (Wildman–Crippen LogP) is 6.01. The van der Waals surface area contributed by atoms with E-state index >= 15 is 0 Å². The topological polar surface area (TPSA) is 44.8 Å². The van der Waals surface area contributed by atoms with E-state index < -0.39 is 35.5 Å². The van der Waals surface area contributed by atoms with Crippen LogP contribution in [0.15, 0.2) is 42.6 Å². The summed E-state index contributed by atoms with van der Waals surface area (Å²) in [4.78, 5) is 11.9. The first-order chi connectivity index (χ1) is 15.7. The molecule has 1 aliphatic heterocycles. The number of nitrogens with zero attached hydrogens (tertiary/aromatic N) is 3. The molecule has 1 aliphatic rings. The Bertz CT molecular complexity index is 1290. The molecular weight excluding hydrogens is 446 g/mol. The number of alkyl halides is 3. The van der Waals surface area contributed by atoms with Gasteiger partial charge in [-0.2, -0.15) is 13.2 Å². The van der Waals surface area contributed by atoms with Gasteiger partial charge >= 0.3 is 6.18 Å². The third-order valence-corrected chi connectivity index (χ3v) is 6.18. The minimum absolute atomic E-state index is 0.00156. The number of piperidine rings is 1. The molecule has 0 aliphatic carbocycles. The van der Waals surface area contributed by atoms with E-state index in [2.05, 4.69) is 15.0 Å². The molecule has 0 amide bonds. The summed E-state index contributed by atoms with van der Waals surface area (Å²) < 4.78 is 82.9. The Hall–Kier alpha value is -3.14. The van der Waals surface area contributed by atoms with E-state index in [0.717, 1.165) is 17.7 Å². The van der Waals surface area contributed by atoms with Crippen LogP contribution in [0.3, 0.4) is 0 Å².